The number of benzene rings is 1. The van der Waals surface area contributed by atoms with Crippen molar-refractivity contribution >= 4 is 27.5 Å². The van der Waals surface area contributed by atoms with Crippen LogP contribution in [0.25, 0.3) is 10.2 Å². The van der Waals surface area contributed by atoms with E-state index in [1.165, 1.54) is 11.3 Å². The van der Waals surface area contributed by atoms with Gasteiger partial charge in [0.25, 0.3) is 5.91 Å². The summed E-state index contributed by atoms with van der Waals surface area (Å²) >= 11 is 1.53. The maximum absolute atomic E-state index is 12.6. The third-order valence-corrected chi connectivity index (χ3v) is 4.19. The molecule has 0 saturated carbocycles. The maximum atomic E-state index is 12.6. The second-order valence-electron chi connectivity index (χ2n) is 4.81. The number of fused-ring (bicyclic) bond motifs is 1. The number of carbonyl (C=O) groups excluding carboxylic acids is 1. The normalized spacial score (nSPS) is 11.0. The Balaban J connectivity index is 1.80. The standard InChI is InChI=1S/C15H16N4O2S/c1-3-13-17-14(21-18-13)8-19(4-2)15(20)10-5-6-11-12(7-10)22-9-16-11/h5-7,9H,3-4,8H2,1-2H3. The molecule has 0 aliphatic rings. The summed E-state index contributed by atoms with van der Waals surface area (Å²) in [5.41, 5.74) is 3.34. The lowest BCUT2D eigenvalue weighted by molar-refractivity contribution is 0.0734. The van der Waals surface area contributed by atoms with Gasteiger partial charge in [-0.1, -0.05) is 12.1 Å². The van der Waals surface area contributed by atoms with Crippen molar-refractivity contribution in [2.45, 2.75) is 26.8 Å². The highest BCUT2D eigenvalue weighted by atomic mass is 32.1. The Kier molecular flexibility index (Phi) is 4.15. The van der Waals surface area contributed by atoms with Crippen LogP contribution in [0.1, 0.15) is 35.9 Å². The molecule has 2 aromatic heterocycles. The van der Waals surface area contributed by atoms with Crippen LogP contribution in [0.3, 0.4) is 0 Å². The van der Waals surface area contributed by atoms with Crippen LogP contribution in [0.5, 0.6) is 0 Å². The zero-order chi connectivity index (χ0) is 15.5. The number of aryl methyl sites for hydroxylation is 1. The fourth-order valence-corrected chi connectivity index (χ4v) is 2.88. The molecule has 0 aliphatic heterocycles. The van der Waals surface area contributed by atoms with Crippen molar-refractivity contribution < 1.29 is 9.32 Å². The van der Waals surface area contributed by atoms with Crippen molar-refractivity contribution in [1.82, 2.24) is 20.0 Å². The number of aromatic nitrogens is 3. The highest BCUT2D eigenvalue weighted by molar-refractivity contribution is 7.16. The van der Waals surface area contributed by atoms with Crippen LogP contribution in [0.15, 0.2) is 28.2 Å². The zero-order valence-electron chi connectivity index (χ0n) is 12.4. The molecule has 1 amide bonds. The molecule has 1 aromatic carbocycles. The van der Waals surface area contributed by atoms with E-state index in [9.17, 15) is 4.79 Å². The van der Waals surface area contributed by atoms with Gasteiger partial charge in [-0.3, -0.25) is 4.79 Å². The predicted octanol–water partition coefficient (Wildman–Crippen LogP) is 2.90. The third kappa shape index (κ3) is 2.85. The maximum Gasteiger partial charge on any atom is 0.254 e. The summed E-state index contributed by atoms with van der Waals surface area (Å²) in [7, 11) is 0. The van der Waals surface area contributed by atoms with E-state index in [1.807, 2.05) is 26.0 Å². The molecule has 0 spiro atoms. The molecular weight excluding hydrogens is 300 g/mol. The Labute approximate surface area is 131 Å². The first kappa shape index (κ1) is 14.6. The molecule has 22 heavy (non-hydrogen) atoms. The molecule has 0 saturated heterocycles. The topological polar surface area (TPSA) is 72.1 Å². The summed E-state index contributed by atoms with van der Waals surface area (Å²) in [6.07, 6.45) is 0.714. The number of thiazole rings is 1. The monoisotopic (exact) mass is 316 g/mol. The van der Waals surface area contributed by atoms with Crippen molar-refractivity contribution in [2.24, 2.45) is 0 Å². The Morgan fingerprint density at radius 1 is 1.36 bits per heavy atom. The van der Waals surface area contributed by atoms with E-state index in [0.717, 1.165) is 10.2 Å². The molecule has 0 radical (unpaired) electrons. The Morgan fingerprint density at radius 3 is 2.95 bits per heavy atom. The smallest absolute Gasteiger partial charge is 0.254 e. The average molecular weight is 316 g/mol. The Hall–Kier alpha value is -2.28. The number of hydrogen-bond acceptors (Lipinski definition) is 6. The summed E-state index contributed by atoms with van der Waals surface area (Å²) in [5, 5.41) is 3.86. The fourth-order valence-electron chi connectivity index (χ4n) is 2.16. The van der Waals surface area contributed by atoms with E-state index in [4.69, 9.17) is 4.52 Å². The van der Waals surface area contributed by atoms with Gasteiger partial charge in [-0.25, -0.2) is 4.98 Å². The Bertz CT molecular complexity index is 796. The highest BCUT2D eigenvalue weighted by Gasteiger charge is 2.18. The van der Waals surface area contributed by atoms with Crippen LogP contribution in [-0.2, 0) is 13.0 Å². The molecule has 3 rings (SSSR count). The van der Waals surface area contributed by atoms with Gasteiger partial charge in [-0.05, 0) is 25.1 Å². The first-order chi connectivity index (χ1) is 10.7. The van der Waals surface area contributed by atoms with Crippen LogP contribution < -0.4 is 0 Å². The lowest BCUT2D eigenvalue weighted by Gasteiger charge is -2.18. The Morgan fingerprint density at radius 2 is 2.23 bits per heavy atom. The van der Waals surface area contributed by atoms with Crippen molar-refractivity contribution in [3.63, 3.8) is 0 Å². The van der Waals surface area contributed by atoms with Crippen LogP contribution >= 0.6 is 11.3 Å². The van der Waals surface area contributed by atoms with Crippen LogP contribution in [0, 0.1) is 0 Å². The van der Waals surface area contributed by atoms with Crippen molar-refractivity contribution in [3.05, 3.63) is 41.0 Å². The van der Waals surface area contributed by atoms with Gasteiger partial charge in [0.2, 0.25) is 5.89 Å². The van der Waals surface area contributed by atoms with E-state index in [0.29, 0.717) is 36.8 Å². The summed E-state index contributed by atoms with van der Waals surface area (Å²) in [4.78, 5) is 22.8. The third-order valence-electron chi connectivity index (χ3n) is 3.40. The molecule has 3 aromatic rings. The summed E-state index contributed by atoms with van der Waals surface area (Å²) < 4.78 is 6.18. The van der Waals surface area contributed by atoms with Crippen LogP contribution in [0.4, 0.5) is 0 Å². The van der Waals surface area contributed by atoms with Gasteiger partial charge in [-0.2, -0.15) is 4.98 Å². The SMILES string of the molecule is CCc1noc(CN(CC)C(=O)c2ccc3ncsc3c2)n1. The van der Waals surface area contributed by atoms with E-state index in [2.05, 4.69) is 15.1 Å². The predicted molar refractivity (Wildman–Crippen MR) is 83.7 cm³/mol. The van der Waals surface area contributed by atoms with Gasteiger partial charge >= 0.3 is 0 Å². The van der Waals surface area contributed by atoms with Crippen LogP contribution in [0.2, 0.25) is 0 Å². The van der Waals surface area contributed by atoms with E-state index in [-0.39, 0.29) is 5.91 Å². The molecule has 114 valence electrons. The van der Waals surface area contributed by atoms with Gasteiger partial charge in [0.1, 0.15) is 6.54 Å². The molecule has 6 nitrogen and oxygen atoms in total. The molecular formula is C15H16N4O2S. The summed E-state index contributed by atoms with van der Waals surface area (Å²) in [6.45, 7) is 4.79. The van der Waals surface area contributed by atoms with E-state index in [1.54, 1.807) is 16.5 Å². The zero-order valence-corrected chi connectivity index (χ0v) is 13.3. The highest BCUT2D eigenvalue weighted by Crippen LogP contribution is 2.20. The number of amides is 1. The number of hydrogen-bond donors (Lipinski definition) is 0. The lowest BCUT2D eigenvalue weighted by Crippen LogP contribution is -2.30. The molecule has 0 aliphatic carbocycles. The van der Waals surface area contributed by atoms with E-state index < -0.39 is 0 Å². The van der Waals surface area contributed by atoms with Crippen molar-refractivity contribution in [2.75, 3.05) is 6.54 Å². The van der Waals surface area contributed by atoms with Crippen LogP contribution in [-0.4, -0.2) is 32.5 Å². The minimum atomic E-state index is -0.0472. The largest absolute Gasteiger partial charge is 0.337 e. The summed E-state index contributed by atoms with van der Waals surface area (Å²) in [5.74, 6) is 1.07. The number of rotatable bonds is 5. The molecule has 0 atom stereocenters. The van der Waals surface area contributed by atoms with Gasteiger partial charge in [-0.15, -0.1) is 11.3 Å². The van der Waals surface area contributed by atoms with Crippen molar-refractivity contribution in [3.8, 4) is 0 Å². The second kappa shape index (κ2) is 6.23. The first-order valence-electron chi connectivity index (χ1n) is 7.15. The first-order valence-corrected chi connectivity index (χ1v) is 8.03. The minimum absolute atomic E-state index is 0.0472. The number of carbonyl (C=O) groups is 1. The van der Waals surface area contributed by atoms with Gasteiger partial charge < -0.3 is 9.42 Å². The van der Waals surface area contributed by atoms with Gasteiger partial charge in [0.05, 0.1) is 15.7 Å². The fraction of sp³-hybridized carbons (Fsp3) is 0.333. The van der Waals surface area contributed by atoms with Gasteiger partial charge in [0.15, 0.2) is 5.82 Å². The van der Waals surface area contributed by atoms with Gasteiger partial charge in [0, 0.05) is 18.5 Å². The molecule has 0 unspecified atom stereocenters. The molecule has 0 fully saturated rings. The summed E-state index contributed by atoms with van der Waals surface area (Å²) in [6, 6.07) is 5.55. The minimum Gasteiger partial charge on any atom is -0.337 e. The quantitative estimate of drug-likeness (QED) is 0.723. The molecule has 7 heteroatoms. The number of nitrogens with zero attached hydrogens (tertiary/aromatic N) is 4. The molecule has 0 N–H and O–H groups in total. The van der Waals surface area contributed by atoms with Crippen molar-refractivity contribution in [1.29, 1.82) is 0 Å². The molecule has 2 heterocycles. The lowest BCUT2D eigenvalue weighted by atomic mass is 10.2. The van der Waals surface area contributed by atoms with E-state index >= 15 is 0 Å². The average Bonchev–Trinajstić information content (AvgIpc) is 3.19. The second-order valence-corrected chi connectivity index (χ2v) is 5.70. The molecule has 0 bridgehead atoms.